The van der Waals surface area contributed by atoms with Crippen LogP contribution in [0.4, 0.5) is 0 Å². The van der Waals surface area contributed by atoms with Crippen LogP contribution in [0, 0.1) is 0 Å². The van der Waals surface area contributed by atoms with E-state index < -0.39 is 36.0 Å². The fourth-order valence-electron chi connectivity index (χ4n) is 6.09. The maximum Gasteiger partial charge on any atom is 0.246 e. The first-order valence-corrected chi connectivity index (χ1v) is 14.4. The van der Waals surface area contributed by atoms with Gasteiger partial charge in [-0.15, -0.1) is 0 Å². The number of nitrogens with zero attached hydrogens (tertiary/aromatic N) is 2. The minimum absolute atomic E-state index is 0.124. The van der Waals surface area contributed by atoms with Gasteiger partial charge in [0.05, 0.1) is 6.04 Å². The van der Waals surface area contributed by atoms with Gasteiger partial charge in [-0.25, -0.2) is 0 Å². The number of carbonyl (C=O) groups is 4. The number of aromatic hydroxyl groups is 1. The fourth-order valence-corrected chi connectivity index (χ4v) is 6.09. The monoisotopic (exact) mass is 571 g/mol. The van der Waals surface area contributed by atoms with Gasteiger partial charge in [-0.3, -0.25) is 19.2 Å². The third kappa shape index (κ3) is 6.38. The lowest BCUT2D eigenvalue weighted by Crippen LogP contribution is -2.57. The Morgan fingerprint density at radius 3 is 2.12 bits per heavy atom. The smallest absolute Gasteiger partial charge is 0.246 e. The maximum absolute atomic E-state index is 13.8. The number of benzene rings is 3. The van der Waals surface area contributed by atoms with E-state index in [1.54, 1.807) is 12.1 Å². The first-order chi connectivity index (χ1) is 20.2. The Bertz CT molecular complexity index is 1480. The number of phenols is 1. The van der Waals surface area contributed by atoms with Crippen LogP contribution in [0.15, 0.2) is 66.7 Å². The van der Waals surface area contributed by atoms with Crippen molar-refractivity contribution in [3.8, 4) is 5.75 Å². The van der Waals surface area contributed by atoms with Crippen molar-refractivity contribution in [3.63, 3.8) is 0 Å². The first kappa shape index (κ1) is 29.1. The second kappa shape index (κ2) is 12.6. The highest BCUT2D eigenvalue weighted by Gasteiger charge is 2.40. The summed E-state index contributed by atoms with van der Waals surface area (Å²) in [4.78, 5) is 55.9. The molecule has 2 aliphatic rings. The van der Waals surface area contributed by atoms with E-state index in [-0.39, 0.29) is 30.4 Å². The number of amides is 4. The zero-order chi connectivity index (χ0) is 29.8. The Hall–Kier alpha value is -4.44. The largest absolute Gasteiger partial charge is 0.508 e. The van der Waals surface area contributed by atoms with Gasteiger partial charge in [-0.2, -0.15) is 0 Å². The van der Waals surface area contributed by atoms with Crippen LogP contribution in [0.25, 0.3) is 10.8 Å². The second-order valence-electron chi connectivity index (χ2n) is 11.2. The molecule has 2 heterocycles. The van der Waals surface area contributed by atoms with Crippen LogP contribution in [-0.4, -0.2) is 75.8 Å². The topological polar surface area (TPSA) is 159 Å². The third-order valence-corrected chi connectivity index (χ3v) is 8.28. The number of carbonyl (C=O) groups excluding carboxylic acids is 4. The van der Waals surface area contributed by atoms with Crippen LogP contribution in [0.1, 0.15) is 36.8 Å². The van der Waals surface area contributed by atoms with Crippen LogP contribution in [-0.2, 0) is 32.0 Å². The van der Waals surface area contributed by atoms with Crippen LogP contribution < -0.4 is 16.8 Å². The van der Waals surface area contributed by atoms with Crippen molar-refractivity contribution < 1.29 is 24.3 Å². The Kier molecular flexibility index (Phi) is 8.72. The lowest BCUT2D eigenvalue weighted by atomic mass is 10.00. The van der Waals surface area contributed by atoms with Gasteiger partial charge < -0.3 is 31.7 Å². The Labute approximate surface area is 244 Å². The molecule has 4 atom stereocenters. The quantitative estimate of drug-likeness (QED) is 0.305. The van der Waals surface area contributed by atoms with Crippen molar-refractivity contribution in [3.05, 3.63) is 77.9 Å². The van der Waals surface area contributed by atoms with Gasteiger partial charge in [0.2, 0.25) is 23.6 Å². The molecule has 10 heteroatoms. The molecule has 0 spiro atoms. The van der Waals surface area contributed by atoms with Crippen molar-refractivity contribution in [2.45, 2.75) is 62.7 Å². The summed E-state index contributed by atoms with van der Waals surface area (Å²) < 4.78 is 0. The SMILES string of the molecule is NC(=O)[C@@H]1CCCN1C(=O)[C@@H](Cc1ccc2ccccc2c1)NC(=O)[C@@H]1CCCN1C(=O)[C@@H](N)Cc1ccc(O)cc1. The summed E-state index contributed by atoms with van der Waals surface area (Å²) in [5, 5.41) is 14.5. The Morgan fingerprint density at radius 1 is 0.810 bits per heavy atom. The molecule has 2 saturated heterocycles. The molecule has 10 nitrogen and oxygen atoms in total. The van der Waals surface area contributed by atoms with Gasteiger partial charge in [0.15, 0.2) is 0 Å². The van der Waals surface area contributed by atoms with Gasteiger partial charge in [0.1, 0.15) is 23.9 Å². The molecule has 5 rings (SSSR count). The van der Waals surface area contributed by atoms with Gasteiger partial charge in [-0.05, 0) is 66.1 Å². The number of primary amides is 1. The van der Waals surface area contributed by atoms with E-state index in [0.29, 0.717) is 38.8 Å². The normalized spacial score (nSPS) is 19.9. The molecule has 3 aromatic rings. The molecule has 2 fully saturated rings. The molecule has 4 amide bonds. The summed E-state index contributed by atoms with van der Waals surface area (Å²) in [6.45, 7) is 0.774. The number of nitrogens with two attached hydrogens (primary N) is 2. The third-order valence-electron chi connectivity index (χ3n) is 8.28. The molecule has 220 valence electrons. The summed E-state index contributed by atoms with van der Waals surface area (Å²) in [7, 11) is 0. The summed E-state index contributed by atoms with van der Waals surface area (Å²) in [6, 6.07) is 17.0. The van der Waals surface area contributed by atoms with Crippen LogP contribution in [0.2, 0.25) is 0 Å². The molecular weight excluding hydrogens is 534 g/mol. The molecule has 0 bridgehead atoms. The molecule has 6 N–H and O–H groups in total. The minimum atomic E-state index is -0.943. The molecular formula is C32H37N5O5. The average molecular weight is 572 g/mol. The van der Waals surface area contributed by atoms with E-state index in [9.17, 15) is 24.3 Å². The fraction of sp³-hybridized carbons (Fsp3) is 0.375. The zero-order valence-corrected chi connectivity index (χ0v) is 23.4. The average Bonchev–Trinajstić information content (AvgIpc) is 3.68. The summed E-state index contributed by atoms with van der Waals surface area (Å²) in [6.07, 6.45) is 2.71. The summed E-state index contributed by atoms with van der Waals surface area (Å²) in [5.74, 6) is -1.57. The number of likely N-dealkylation sites (tertiary alicyclic amines) is 2. The van der Waals surface area contributed by atoms with E-state index >= 15 is 0 Å². The lowest BCUT2D eigenvalue weighted by molar-refractivity contribution is -0.143. The highest BCUT2D eigenvalue weighted by atomic mass is 16.3. The van der Waals surface area contributed by atoms with Gasteiger partial charge in [-0.1, -0.05) is 54.6 Å². The maximum atomic E-state index is 13.8. The molecule has 0 aromatic heterocycles. The summed E-state index contributed by atoms with van der Waals surface area (Å²) >= 11 is 0. The van der Waals surface area contributed by atoms with Crippen LogP contribution >= 0.6 is 0 Å². The Balaban J connectivity index is 1.34. The van der Waals surface area contributed by atoms with E-state index in [1.165, 1.54) is 21.9 Å². The highest BCUT2D eigenvalue weighted by Crippen LogP contribution is 2.23. The highest BCUT2D eigenvalue weighted by molar-refractivity contribution is 5.95. The molecule has 42 heavy (non-hydrogen) atoms. The van der Waals surface area contributed by atoms with Crippen LogP contribution in [0.5, 0.6) is 5.75 Å². The van der Waals surface area contributed by atoms with Gasteiger partial charge >= 0.3 is 0 Å². The predicted octanol–water partition coefficient (Wildman–Crippen LogP) is 1.61. The van der Waals surface area contributed by atoms with Crippen molar-refractivity contribution >= 4 is 34.4 Å². The molecule has 0 radical (unpaired) electrons. The van der Waals surface area contributed by atoms with Crippen molar-refractivity contribution in [1.29, 1.82) is 0 Å². The van der Waals surface area contributed by atoms with Crippen molar-refractivity contribution in [2.24, 2.45) is 11.5 Å². The Morgan fingerprint density at radius 2 is 1.43 bits per heavy atom. The number of hydrogen-bond donors (Lipinski definition) is 4. The summed E-state index contributed by atoms with van der Waals surface area (Å²) in [5.41, 5.74) is 13.5. The standard InChI is InChI=1S/C32H37N5O5/c33-25(18-20-10-13-24(38)14-11-20)31(41)37-16-4-8-28(37)30(40)35-26(32(42)36-15-3-7-27(36)29(34)39)19-21-9-12-22-5-1-2-6-23(22)17-21/h1-2,5-6,9-14,17,25-28,38H,3-4,7-8,15-16,18-19,33H2,(H2,34,39)(H,35,40)/t25-,26+,27-,28-/m0/s1. The lowest BCUT2D eigenvalue weighted by Gasteiger charge is -2.31. The van der Waals surface area contributed by atoms with E-state index in [4.69, 9.17) is 11.5 Å². The van der Waals surface area contributed by atoms with E-state index in [0.717, 1.165) is 21.9 Å². The van der Waals surface area contributed by atoms with Crippen LogP contribution in [0.3, 0.4) is 0 Å². The number of fused-ring (bicyclic) bond motifs is 1. The van der Waals surface area contributed by atoms with Gasteiger partial charge in [0, 0.05) is 19.5 Å². The zero-order valence-electron chi connectivity index (χ0n) is 23.4. The minimum Gasteiger partial charge on any atom is -0.508 e. The van der Waals surface area contributed by atoms with Gasteiger partial charge in [0.25, 0.3) is 0 Å². The number of rotatable bonds is 9. The second-order valence-corrected chi connectivity index (χ2v) is 11.2. The number of nitrogens with one attached hydrogen (secondary N) is 1. The number of hydrogen-bond acceptors (Lipinski definition) is 6. The van der Waals surface area contributed by atoms with E-state index in [1.807, 2.05) is 42.5 Å². The molecule has 3 aromatic carbocycles. The number of phenolic OH excluding ortho intramolecular Hbond substituents is 1. The molecule has 0 unspecified atom stereocenters. The van der Waals surface area contributed by atoms with Crippen molar-refractivity contribution in [2.75, 3.05) is 13.1 Å². The predicted molar refractivity (Wildman–Crippen MR) is 158 cm³/mol. The molecule has 2 aliphatic heterocycles. The van der Waals surface area contributed by atoms with E-state index in [2.05, 4.69) is 5.32 Å². The molecule has 0 aliphatic carbocycles. The molecule has 0 saturated carbocycles. The van der Waals surface area contributed by atoms with Crippen molar-refractivity contribution in [1.82, 2.24) is 15.1 Å². The first-order valence-electron chi connectivity index (χ1n) is 14.4.